The highest BCUT2D eigenvalue weighted by Gasteiger charge is 2.23. The lowest BCUT2D eigenvalue weighted by Crippen LogP contribution is -2.07. The van der Waals surface area contributed by atoms with E-state index in [2.05, 4.69) is 30.2 Å². The summed E-state index contributed by atoms with van der Waals surface area (Å²) in [5.41, 5.74) is 0.194. The zero-order valence-electron chi connectivity index (χ0n) is 19.7. The molecule has 0 heterocycles. The highest BCUT2D eigenvalue weighted by molar-refractivity contribution is 7.94. The standard InChI is InChI=1S/C20H20N4O11S3/c1-10(25)22-14-8-16(21-2)18(33-3)9-15(14)23-24-17-7-13-11(5-20(17)38(30,31)32)4-12(36-35-34-26)6-19(13)37(27,28)29/h4-9,21,26H,1-3H3,(H,22,25)(H,27,28,29)(H,30,31,32)/b24-23+. The number of rotatable bonds is 10. The molecule has 38 heavy (non-hydrogen) atoms. The smallest absolute Gasteiger partial charge is 0.296 e. The van der Waals surface area contributed by atoms with Crippen molar-refractivity contribution in [3.8, 4) is 5.75 Å². The topological polar surface area (TPSA) is 223 Å². The minimum atomic E-state index is -4.93. The van der Waals surface area contributed by atoms with Crippen molar-refractivity contribution >= 4 is 71.7 Å². The van der Waals surface area contributed by atoms with Crippen LogP contribution in [-0.2, 0) is 34.4 Å². The number of hydrogen-bond donors (Lipinski definition) is 5. The predicted molar refractivity (Wildman–Crippen MR) is 135 cm³/mol. The van der Waals surface area contributed by atoms with Gasteiger partial charge in [0.25, 0.3) is 20.2 Å². The number of nitrogens with zero attached hydrogens (tertiary/aromatic N) is 2. The van der Waals surface area contributed by atoms with Gasteiger partial charge in [0.2, 0.25) is 5.91 Å². The van der Waals surface area contributed by atoms with Gasteiger partial charge in [0, 0.05) is 30.3 Å². The molecule has 3 rings (SSSR count). The molecule has 18 heteroatoms. The Morgan fingerprint density at radius 1 is 0.921 bits per heavy atom. The summed E-state index contributed by atoms with van der Waals surface area (Å²) >= 11 is 0.350. The van der Waals surface area contributed by atoms with E-state index in [9.17, 15) is 30.7 Å². The predicted octanol–water partition coefficient (Wildman–Crippen LogP) is 4.19. The molecule has 5 N–H and O–H groups in total. The molecule has 0 aliphatic carbocycles. The summed E-state index contributed by atoms with van der Waals surface area (Å²) in [7, 11) is -6.81. The van der Waals surface area contributed by atoms with E-state index in [4.69, 9.17) is 9.99 Å². The van der Waals surface area contributed by atoms with Crippen LogP contribution in [0, 0.1) is 0 Å². The molecule has 0 saturated carbocycles. The number of anilines is 2. The van der Waals surface area contributed by atoms with E-state index in [1.165, 1.54) is 32.2 Å². The Kier molecular flexibility index (Phi) is 8.90. The minimum Gasteiger partial charge on any atom is -0.495 e. The van der Waals surface area contributed by atoms with Crippen LogP contribution in [0.25, 0.3) is 10.8 Å². The van der Waals surface area contributed by atoms with Crippen molar-refractivity contribution in [2.45, 2.75) is 21.6 Å². The SMILES string of the molecule is CNc1cc(NC(C)=O)c(/N=N/c2cc3c(S(=O)(=O)O)cc(SOOO)cc3cc2S(=O)(=O)O)cc1OC. The van der Waals surface area contributed by atoms with Crippen LogP contribution in [0.5, 0.6) is 5.75 Å². The molecule has 0 aliphatic rings. The molecule has 0 fully saturated rings. The minimum absolute atomic E-state index is 0.0218. The van der Waals surface area contributed by atoms with Gasteiger partial charge in [-0.2, -0.15) is 16.8 Å². The average molecular weight is 589 g/mol. The molecular weight excluding hydrogens is 568 g/mol. The van der Waals surface area contributed by atoms with E-state index in [1.54, 1.807) is 7.05 Å². The zero-order chi connectivity index (χ0) is 28.3. The highest BCUT2D eigenvalue weighted by atomic mass is 32.2. The molecular formula is C20H20N4O11S3. The van der Waals surface area contributed by atoms with Crippen LogP contribution < -0.4 is 15.4 Å². The third-order valence-corrected chi connectivity index (χ3v) is 7.18. The van der Waals surface area contributed by atoms with Crippen LogP contribution in [0.4, 0.5) is 22.7 Å². The van der Waals surface area contributed by atoms with Crippen molar-refractivity contribution < 1.29 is 50.1 Å². The number of azo groups is 1. The molecule has 1 amide bonds. The Bertz CT molecular complexity index is 1640. The Labute approximate surface area is 220 Å². The van der Waals surface area contributed by atoms with Gasteiger partial charge in [0.05, 0.1) is 30.5 Å². The summed E-state index contributed by atoms with van der Waals surface area (Å²) in [6.07, 6.45) is 0. The molecule has 3 aromatic carbocycles. The van der Waals surface area contributed by atoms with Crippen LogP contribution >= 0.6 is 12.0 Å². The van der Waals surface area contributed by atoms with Gasteiger partial charge in [-0.05, 0) is 35.7 Å². The lowest BCUT2D eigenvalue weighted by Gasteiger charge is -2.13. The van der Waals surface area contributed by atoms with Gasteiger partial charge in [-0.1, -0.05) is 5.04 Å². The van der Waals surface area contributed by atoms with Gasteiger partial charge < -0.3 is 15.4 Å². The number of ether oxygens (including phenoxy) is 1. The Balaban J connectivity index is 2.30. The fourth-order valence-electron chi connectivity index (χ4n) is 3.33. The van der Waals surface area contributed by atoms with Gasteiger partial charge >= 0.3 is 0 Å². The molecule has 0 spiro atoms. The first-order valence-corrected chi connectivity index (χ1v) is 13.7. The number of methoxy groups -OCH3 is 1. The average Bonchev–Trinajstić information content (AvgIpc) is 2.83. The van der Waals surface area contributed by atoms with Crippen LogP contribution in [0.3, 0.4) is 0 Å². The van der Waals surface area contributed by atoms with Gasteiger partial charge in [-0.25, -0.2) is 5.26 Å². The summed E-state index contributed by atoms with van der Waals surface area (Å²) in [6, 6.07) is 6.96. The Hall–Kier alpha value is -3.36. The molecule has 0 radical (unpaired) electrons. The van der Waals surface area contributed by atoms with Crippen LogP contribution in [-0.4, -0.2) is 51.3 Å². The van der Waals surface area contributed by atoms with Gasteiger partial charge in [0.1, 0.15) is 26.9 Å². The number of hydrogen-bond acceptors (Lipinski definition) is 13. The maximum Gasteiger partial charge on any atom is 0.296 e. The van der Waals surface area contributed by atoms with E-state index in [-0.39, 0.29) is 27.0 Å². The number of amides is 1. The number of carbonyl (C=O) groups excluding carboxylic acids is 1. The number of fused-ring (bicyclic) bond motifs is 1. The van der Waals surface area contributed by atoms with E-state index in [0.29, 0.717) is 23.5 Å². The van der Waals surface area contributed by atoms with E-state index >= 15 is 0 Å². The molecule has 204 valence electrons. The zero-order valence-corrected chi connectivity index (χ0v) is 22.1. The first-order chi connectivity index (χ1) is 17.8. The van der Waals surface area contributed by atoms with Crippen LogP contribution in [0.15, 0.2) is 61.3 Å². The number of carbonyl (C=O) groups is 1. The number of benzene rings is 3. The third kappa shape index (κ3) is 6.74. The van der Waals surface area contributed by atoms with Crippen molar-refractivity contribution in [2.24, 2.45) is 10.2 Å². The first-order valence-electron chi connectivity index (χ1n) is 10.1. The van der Waals surface area contributed by atoms with Crippen molar-refractivity contribution in [2.75, 3.05) is 24.8 Å². The summed E-state index contributed by atoms with van der Waals surface area (Å²) in [4.78, 5) is 10.2. The van der Waals surface area contributed by atoms with Gasteiger partial charge in [0.15, 0.2) is 0 Å². The fourth-order valence-corrected chi connectivity index (χ4v) is 5.23. The van der Waals surface area contributed by atoms with Gasteiger partial charge in [-0.15, -0.1) is 14.6 Å². The molecule has 0 aliphatic heterocycles. The quantitative estimate of drug-likeness (QED) is 0.0737. The summed E-state index contributed by atoms with van der Waals surface area (Å²) in [5.74, 6) is -0.142. The van der Waals surface area contributed by atoms with Crippen molar-refractivity contribution in [1.82, 2.24) is 0 Å². The van der Waals surface area contributed by atoms with E-state index in [0.717, 1.165) is 18.2 Å². The second-order valence-electron chi connectivity index (χ2n) is 7.34. The van der Waals surface area contributed by atoms with Crippen LogP contribution in [0.2, 0.25) is 0 Å². The van der Waals surface area contributed by atoms with Gasteiger partial charge in [-0.3, -0.25) is 13.9 Å². The van der Waals surface area contributed by atoms with Crippen molar-refractivity contribution in [3.05, 3.63) is 36.4 Å². The third-order valence-electron chi connectivity index (χ3n) is 4.85. The molecule has 0 unspecified atom stereocenters. The summed E-state index contributed by atoms with van der Waals surface area (Å²) in [6.45, 7) is 1.26. The first kappa shape index (κ1) is 29.2. The maximum absolute atomic E-state index is 12.2. The largest absolute Gasteiger partial charge is 0.495 e. The number of nitrogens with one attached hydrogen (secondary N) is 2. The summed E-state index contributed by atoms with van der Waals surface area (Å²) in [5, 5.41) is 24.9. The molecule has 15 nitrogen and oxygen atoms in total. The molecule has 3 aromatic rings. The monoisotopic (exact) mass is 588 g/mol. The Morgan fingerprint density at radius 3 is 2.13 bits per heavy atom. The van der Waals surface area contributed by atoms with E-state index in [1.807, 2.05) is 0 Å². The van der Waals surface area contributed by atoms with Crippen molar-refractivity contribution in [3.63, 3.8) is 0 Å². The summed E-state index contributed by atoms with van der Waals surface area (Å²) < 4.78 is 77.6. The van der Waals surface area contributed by atoms with Crippen molar-refractivity contribution in [1.29, 1.82) is 0 Å². The Morgan fingerprint density at radius 2 is 1.58 bits per heavy atom. The maximum atomic E-state index is 12.2. The lowest BCUT2D eigenvalue weighted by atomic mass is 10.1. The highest BCUT2D eigenvalue weighted by Crippen LogP contribution is 2.40. The molecule has 0 bridgehead atoms. The second kappa shape index (κ2) is 11.6. The van der Waals surface area contributed by atoms with Crippen LogP contribution in [0.1, 0.15) is 6.92 Å². The van der Waals surface area contributed by atoms with E-state index < -0.39 is 41.6 Å². The molecule has 0 aromatic heterocycles. The lowest BCUT2D eigenvalue weighted by molar-refractivity contribution is -0.432. The molecule has 0 atom stereocenters. The molecule has 0 saturated heterocycles. The normalized spacial score (nSPS) is 12.2. The second-order valence-corrected chi connectivity index (χ2v) is 10.9. The fraction of sp³-hybridized carbons (Fsp3) is 0.150.